The number of rotatable bonds is 5. The van der Waals surface area contributed by atoms with Gasteiger partial charge in [-0.25, -0.2) is 0 Å². The number of hydrazine groups is 1. The Morgan fingerprint density at radius 3 is 2.89 bits per heavy atom. The van der Waals surface area contributed by atoms with Gasteiger partial charge >= 0.3 is 0 Å². The van der Waals surface area contributed by atoms with Gasteiger partial charge in [0.2, 0.25) is 0 Å². The van der Waals surface area contributed by atoms with E-state index in [0.29, 0.717) is 0 Å². The highest BCUT2D eigenvalue weighted by Gasteiger charge is 2.37. The lowest BCUT2D eigenvalue weighted by Crippen LogP contribution is -2.50. The Kier molecular flexibility index (Phi) is 4.76. The number of hydrogen-bond donors (Lipinski definition) is 2. The number of aryl methyl sites for hydroxylation is 1. The lowest BCUT2D eigenvalue weighted by atomic mass is 9.90. The van der Waals surface area contributed by atoms with E-state index >= 15 is 0 Å². The second-order valence-electron chi connectivity index (χ2n) is 5.50. The highest BCUT2D eigenvalue weighted by Crippen LogP contribution is 2.41. The molecule has 1 aromatic carbocycles. The SMILES string of the molecule is COc1ccc(C)cc1CC(NN)C1(C)CCCS1. The van der Waals surface area contributed by atoms with Crippen molar-refractivity contribution in [3.05, 3.63) is 29.3 Å². The molecule has 2 unspecified atom stereocenters. The molecule has 0 spiro atoms. The Bertz CT molecular complexity index is 430. The van der Waals surface area contributed by atoms with E-state index in [2.05, 4.69) is 31.4 Å². The van der Waals surface area contributed by atoms with Crippen LogP contribution in [0.2, 0.25) is 0 Å². The molecule has 1 aliphatic rings. The Hall–Kier alpha value is -0.710. The van der Waals surface area contributed by atoms with Crippen LogP contribution in [-0.2, 0) is 6.42 Å². The van der Waals surface area contributed by atoms with Crippen LogP contribution in [0.3, 0.4) is 0 Å². The molecular weight excluding hydrogens is 256 g/mol. The van der Waals surface area contributed by atoms with E-state index in [1.807, 2.05) is 17.8 Å². The molecule has 0 aliphatic carbocycles. The zero-order valence-electron chi connectivity index (χ0n) is 12.0. The quantitative estimate of drug-likeness (QED) is 0.643. The molecule has 4 heteroatoms. The lowest BCUT2D eigenvalue weighted by Gasteiger charge is -2.33. The summed E-state index contributed by atoms with van der Waals surface area (Å²) in [6, 6.07) is 6.60. The van der Waals surface area contributed by atoms with Crippen molar-refractivity contribution in [3.8, 4) is 5.75 Å². The molecule has 1 fully saturated rings. The van der Waals surface area contributed by atoms with Gasteiger partial charge in [0, 0.05) is 10.8 Å². The van der Waals surface area contributed by atoms with Crippen molar-refractivity contribution in [1.29, 1.82) is 0 Å². The fourth-order valence-corrected chi connectivity index (χ4v) is 4.21. The van der Waals surface area contributed by atoms with Gasteiger partial charge < -0.3 is 4.74 Å². The van der Waals surface area contributed by atoms with Crippen LogP contribution >= 0.6 is 11.8 Å². The summed E-state index contributed by atoms with van der Waals surface area (Å²) in [7, 11) is 1.73. The predicted octanol–water partition coefficient (Wildman–Crippen LogP) is 2.66. The predicted molar refractivity (Wildman–Crippen MR) is 82.6 cm³/mol. The molecule has 1 heterocycles. The minimum Gasteiger partial charge on any atom is -0.496 e. The molecule has 0 amide bonds. The first-order valence-corrected chi connectivity index (χ1v) is 7.81. The van der Waals surface area contributed by atoms with Crippen LogP contribution in [0.1, 0.15) is 30.9 Å². The minimum absolute atomic E-state index is 0.226. The summed E-state index contributed by atoms with van der Waals surface area (Å²) in [5, 5.41) is 0. The Morgan fingerprint density at radius 1 is 1.53 bits per heavy atom. The molecule has 2 rings (SSSR count). The topological polar surface area (TPSA) is 47.3 Å². The number of benzene rings is 1. The molecule has 0 aromatic heterocycles. The molecule has 0 radical (unpaired) electrons. The van der Waals surface area contributed by atoms with Gasteiger partial charge in [-0.15, -0.1) is 0 Å². The van der Waals surface area contributed by atoms with Crippen molar-refractivity contribution in [2.24, 2.45) is 5.84 Å². The lowest BCUT2D eigenvalue weighted by molar-refractivity contribution is 0.384. The van der Waals surface area contributed by atoms with Gasteiger partial charge in [0.15, 0.2) is 0 Å². The molecular formula is C15H24N2OS. The highest BCUT2D eigenvalue weighted by atomic mass is 32.2. The van der Waals surface area contributed by atoms with E-state index in [1.165, 1.54) is 29.7 Å². The van der Waals surface area contributed by atoms with E-state index < -0.39 is 0 Å². The van der Waals surface area contributed by atoms with Gasteiger partial charge in [-0.05, 0) is 50.5 Å². The molecule has 0 bridgehead atoms. The highest BCUT2D eigenvalue weighted by molar-refractivity contribution is 8.00. The van der Waals surface area contributed by atoms with E-state index in [4.69, 9.17) is 10.6 Å². The van der Waals surface area contributed by atoms with Crippen LogP contribution in [0.25, 0.3) is 0 Å². The van der Waals surface area contributed by atoms with Crippen molar-refractivity contribution in [2.75, 3.05) is 12.9 Å². The number of hydrogen-bond acceptors (Lipinski definition) is 4. The zero-order valence-corrected chi connectivity index (χ0v) is 12.8. The number of nitrogens with two attached hydrogens (primary N) is 1. The molecule has 3 nitrogen and oxygen atoms in total. The van der Waals surface area contributed by atoms with Crippen molar-refractivity contribution < 1.29 is 4.74 Å². The van der Waals surface area contributed by atoms with Crippen molar-refractivity contribution in [1.82, 2.24) is 5.43 Å². The first-order chi connectivity index (χ1) is 9.09. The van der Waals surface area contributed by atoms with E-state index in [-0.39, 0.29) is 10.8 Å². The van der Waals surface area contributed by atoms with Gasteiger partial charge in [0.1, 0.15) is 5.75 Å². The second-order valence-corrected chi connectivity index (χ2v) is 7.13. The molecule has 19 heavy (non-hydrogen) atoms. The third kappa shape index (κ3) is 3.25. The summed E-state index contributed by atoms with van der Waals surface area (Å²) in [6.07, 6.45) is 3.41. The molecule has 0 saturated carbocycles. The van der Waals surface area contributed by atoms with Gasteiger partial charge in [-0.1, -0.05) is 17.7 Å². The minimum atomic E-state index is 0.226. The van der Waals surface area contributed by atoms with Crippen LogP contribution in [0, 0.1) is 6.92 Å². The largest absolute Gasteiger partial charge is 0.496 e. The van der Waals surface area contributed by atoms with Crippen LogP contribution in [0.4, 0.5) is 0 Å². The van der Waals surface area contributed by atoms with Crippen LogP contribution < -0.4 is 16.0 Å². The Labute approximate surface area is 120 Å². The van der Waals surface area contributed by atoms with E-state index in [9.17, 15) is 0 Å². The summed E-state index contributed by atoms with van der Waals surface area (Å²) < 4.78 is 5.69. The fourth-order valence-electron chi connectivity index (χ4n) is 2.81. The van der Waals surface area contributed by atoms with Gasteiger partial charge in [0.05, 0.1) is 7.11 Å². The molecule has 3 N–H and O–H groups in total. The smallest absolute Gasteiger partial charge is 0.122 e. The molecule has 1 aromatic rings. The third-order valence-corrected chi connectivity index (χ3v) is 5.69. The number of ether oxygens (including phenoxy) is 1. The summed E-state index contributed by atoms with van der Waals surface area (Å²) in [5.74, 6) is 8.00. The Balaban J connectivity index is 2.20. The van der Waals surface area contributed by atoms with E-state index in [0.717, 1.165) is 12.2 Å². The van der Waals surface area contributed by atoms with Gasteiger partial charge in [-0.2, -0.15) is 11.8 Å². The summed E-state index contributed by atoms with van der Waals surface area (Å²) >= 11 is 2.03. The summed E-state index contributed by atoms with van der Waals surface area (Å²) in [4.78, 5) is 0. The first kappa shape index (κ1) is 14.7. The summed E-state index contributed by atoms with van der Waals surface area (Å²) in [6.45, 7) is 4.43. The first-order valence-electron chi connectivity index (χ1n) is 6.82. The molecule has 2 atom stereocenters. The fraction of sp³-hybridized carbons (Fsp3) is 0.600. The maximum absolute atomic E-state index is 5.81. The maximum Gasteiger partial charge on any atom is 0.122 e. The van der Waals surface area contributed by atoms with Crippen LogP contribution in [0.5, 0.6) is 5.75 Å². The number of methoxy groups -OCH3 is 1. The number of nitrogens with one attached hydrogen (secondary N) is 1. The normalized spacial score (nSPS) is 24.4. The molecule has 106 valence electrons. The van der Waals surface area contributed by atoms with Gasteiger partial charge in [0.25, 0.3) is 0 Å². The van der Waals surface area contributed by atoms with Crippen molar-refractivity contribution >= 4 is 11.8 Å². The second kappa shape index (κ2) is 6.16. The monoisotopic (exact) mass is 280 g/mol. The van der Waals surface area contributed by atoms with Crippen LogP contribution in [0.15, 0.2) is 18.2 Å². The zero-order chi connectivity index (χ0) is 13.9. The standard InChI is InChI=1S/C15H24N2OS/c1-11-5-6-13(18-3)12(9-11)10-14(17-16)15(2)7-4-8-19-15/h5-6,9,14,17H,4,7-8,10,16H2,1-3H3. The average Bonchev–Trinajstić information content (AvgIpc) is 2.84. The van der Waals surface area contributed by atoms with Gasteiger partial charge in [-0.3, -0.25) is 11.3 Å². The average molecular weight is 280 g/mol. The van der Waals surface area contributed by atoms with Crippen LogP contribution in [-0.4, -0.2) is 23.7 Å². The van der Waals surface area contributed by atoms with Crippen molar-refractivity contribution in [2.45, 2.75) is 43.9 Å². The molecule has 1 saturated heterocycles. The maximum atomic E-state index is 5.81. The number of thioether (sulfide) groups is 1. The third-order valence-electron chi connectivity index (χ3n) is 4.05. The Morgan fingerprint density at radius 2 is 2.32 bits per heavy atom. The summed E-state index contributed by atoms with van der Waals surface area (Å²) in [5.41, 5.74) is 5.52. The molecule has 1 aliphatic heterocycles. The van der Waals surface area contributed by atoms with E-state index in [1.54, 1.807) is 7.11 Å². The van der Waals surface area contributed by atoms with Crippen molar-refractivity contribution in [3.63, 3.8) is 0 Å².